The number of carbonyl (C=O) groups is 2. The molecule has 0 atom stereocenters. The van der Waals surface area contributed by atoms with E-state index in [0.717, 1.165) is 24.2 Å². The minimum absolute atomic E-state index is 0.116. The van der Waals surface area contributed by atoms with Crippen LogP contribution in [0.15, 0.2) is 42.7 Å². The number of nitrogens with one attached hydrogen (secondary N) is 2. The molecule has 1 aromatic carbocycles. The predicted molar refractivity (Wildman–Crippen MR) is 98.1 cm³/mol. The Kier molecular flexibility index (Phi) is 5.78. The average Bonchev–Trinajstić information content (AvgIpc) is 2.67. The van der Waals surface area contributed by atoms with Crippen LogP contribution >= 0.6 is 0 Å². The number of benzene rings is 1. The van der Waals surface area contributed by atoms with Crippen molar-refractivity contribution in [2.24, 2.45) is 5.92 Å². The van der Waals surface area contributed by atoms with Crippen molar-refractivity contribution in [2.75, 3.05) is 18.0 Å². The minimum atomic E-state index is -0.223. The molecule has 0 aliphatic carbocycles. The van der Waals surface area contributed by atoms with Crippen LogP contribution in [0.1, 0.15) is 24.0 Å². The van der Waals surface area contributed by atoms with E-state index in [0.29, 0.717) is 18.8 Å². The topological polar surface area (TPSA) is 87.2 Å². The molecule has 2 heterocycles. The summed E-state index contributed by atoms with van der Waals surface area (Å²) in [7, 11) is 0. The highest BCUT2D eigenvalue weighted by Crippen LogP contribution is 2.20. The van der Waals surface area contributed by atoms with E-state index in [9.17, 15) is 9.59 Å². The first-order valence-electron chi connectivity index (χ1n) is 8.78. The summed E-state index contributed by atoms with van der Waals surface area (Å²) in [4.78, 5) is 34.8. The standard InChI is InChI=1S/C19H23N5O2/c1-14-4-2-5-15(12-14)13-17(25)22-23-18(26)16-6-10-24(11-7-16)19-20-8-3-9-21-19/h2-5,8-9,12,16H,6-7,10-11,13H2,1H3,(H,22,25)(H,23,26). The van der Waals surface area contributed by atoms with Gasteiger partial charge in [0.1, 0.15) is 0 Å². The van der Waals surface area contributed by atoms with E-state index in [1.165, 1.54) is 0 Å². The molecule has 1 fully saturated rings. The third-order valence-electron chi connectivity index (χ3n) is 4.47. The molecule has 2 amide bonds. The monoisotopic (exact) mass is 353 g/mol. The van der Waals surface area contributed by atoms with Gasteiger partial charge in [-0.05, 0) is 31.4 Å². The van der Waals surface area contributed by atoms with Crippen LogP contribution in [0.2, 0.25) is 0 Å². The Labute approximate surface area is 152 Å². The fourth-order valence-corrected chi connectivity index (χ4v) is 3.08. The lowest BCUT2D eigenvalue weighted by molar-refractivity contribution is -0.131. The molecule has 0 radical (unpaired) electrons. The second-order valence-electron chi connectivity index (χ2n) is 6.51. The summed E-state index contributed by atoms with van der Waals surface area (Å²) in [6.07, 6.45) is 5.08. The number of hydrogen-bond acceptors (Lipinski definition) is 5. The van der Waals surface area contributed by atoms with Gasteiger partial charge in [0, 0.05) is 31.4 Å². The van der Waals surface area contributed by atoms with Crippen LogP contribution < -0.4 is 15.8 Å². The number of hydrogen-bond donors (Lipinski definition) is 2. The van der Waals surface area contributed by atoms with E-state index in [1.807, 2.05) is 31.2 Å². The predicted octanol–water partition coefficient (Wildman–Crippen LogP) is 1.39. The number of aryl methyl sites for hydroxylation is 1. The molecule has 26 heavy (non-hydrogen) atoms. The van der Waals surface area contributed by atoms with Crippen molar-refractivity contribution < 1.29 is 9.59 Å². The van der Waals surface area contributed by atoms with Crippen LogP contribution in [-0.4, -0.2) is 34.9 Å². The smallest absolute Gasteiger partial charge is 0.242 e. The van der Waals surface area contributed by atoms with Gasteiger partial charge in [0.15, 0.2) is 0 Å². The quantitative estimate of drug-likeness (QED) is 0.811. The summed E-state index contributed by atoms with van der Waals surface area (Å²) in [6.45, 7) is 3.43. The molecule has 1 aliphatic rings. The summed E-state index contributed by atoms with van der Waals surface area (Å²) >= 11 is 0. The third-order valence-corrected chi connectivity index (χ3v) is 4.47. The van der Waals surface area contributed by atoms with Crippen LogP contribution in [-0.2, 0) is 16.0 Å². The lowest BCUT2D eigenvalue weighted by Crippen LogP contribution is -2.48. The van der Waals surface area contributed by atoms with Crippen LogP contribution in [0.5, 0.6) is 0 Å². The van der Waals surface area contributed by atoms with Crippen LogP contribution in [0.3, 0.4) is 0 Å². The molecule has 2 N–H and O–H groups in total. The molecule has 0 spiro atoms. The van der Waals surface area contributed by atoms with E-state index in [-0.39, 0.29) is 24.2 Å². The molecule has 2 aromatic rings. The van der Waals surface area contributed by atoms with Crippen molar-refractivity contribution in [3.8, 4) is 0 Å². The first-order chi connectivity index (χ1) is 12.6. The molecular weight excluding hydrogens is 330 g/mol. The molecule has 1 saturated heterocycles. The van der Waals surface area contributed by atoms with Gasteiger partial charge in [-0.25, -0.2) is 9.97 Å². The van der Waals surface area contributed by atoms with Crippen molar-refractivity contribution >= 4 is 17.8 Å². The van der Waals surface area contributed by atoms with Crippen molar-refractivity contribution in [1.29, 1.82) is 0 Å². The van der Waals surface area contributed by atoms with Gasteiger partial charge in [-0.2, -0.15) is 0 Å². The molecule has 0 saturated carbocycles. The third kappa shape index (κ3) is 4.78. The Morgan fingerprint density at radius 2 is 1.85 bits per heavy atom. The van der Waals surface area contributed by atoms with Crippen molar-refractivity contribution in [1.82, 2.24) is 20.8 Å². The molecule has 1 aromatic heterocycles. The molecular formula is C19H23N5O2. The fourth-order valence-electron chi connectivity index (χ4n) is 3.08. The Hall–Kier alpha value is -2.96. The Bertz CT molecular complexity index is 758. The summed E-state index contributed by atoms with van der Waals surface area (Å²) in [5.41, 5.74) is 7.10. The Balaban J connectivity index is 1.42. The number of amides is 2. The van der Waals surface area contributed by atoms with Gasteiger partial charge in [0.25, 0.3) is 0 Å². The number of hydrazine groups is 1. The lowest BCUT2D eigenvalue weighted by atomic mass is 9.96. The normalized spacial score (nSPS) is 14.7. The second kappa shape index (κ2) is 8.42. The van der Waals surface area contributed by atoms with E-state index in [4.69, 9.17) is 0 Å². The van der Waals surface area contributed by atoms with Crippen molar-refractivity contribution in [3.63, 3.8) is 0 Å². The Morgan fingerprint density at radius 1 is 1.12 bits per heavy atom. The van der Waals surface area contributed by atoms with Gasteiger partial charge in [-0.15, -0.1) is 0 Å². The summed E-state index contributed by atoms with van der Waals surface area (Å²) < 4.78 is 0. The average molecular weight is 353 g/mol. The minimum Gasteiger partial charge on any atom is -0.341 e. The van der Waals surface area contributed by atoms with Crippen molar-refractivity contribution in [2.45, 2.75) is 26.2 Å². The first kappa shape index (κ1) is 17.8. The highest BCUT2D eigenvalue weighted by Gasteiger charge is 2.26. The Morgan fingerprint density at radius 3 is 2.54 bits per heavy atom. The zero-order valence-corrected chi connectivity index (χ0v) is 14.8. The van der Waals surface area contributed by atoms with Crippen LogP contribution in [0.4, 0.5) is 5.95 Å². The number of piperidine rings is 1. The van der Waals surface area contributed by atoms with E-state index >= 15 is 0 Å². The molecule has 0 unspecified atom stereocenters. The van der Waals surface area contributed by atoms with E-state index in [2.05, 4.69) is 25.7 Å². The van der Waals surface area contributed by atoms with Gasteiger partial charge < -0.3 is 4.90 Å². The number of nitrogens with zero attached hydrogens (tertiary/aromatic N) is 3. The number of aromatic nitrogens is 2. The van der Waals surface area contributed by atoms with E-state index < -0.39 is 0 Å². The maximum absolute atomic E-state index is 12.3. The fraction of sp³-hybridized carbons (Fsp3) is 0.368. The van der Waals surface area contributed by atoms with Crippen LogP contribution in [0.25, 0.3) is 0 Å². The van der Waals surface area contributed by atoms with Crippen molar-refractivity contribution in [3.05, 3.63) is 53.9 Å². The number of rotatable bonds is 4. The van der Waals surface area contributed by atoms with Gasteiger partial charge in [-0.3, -0.25) is 20.4 Å². The molecule has 7 nitrogen and oxygen atoms in total. The molecule has 1 aliphatic heterocycles. The SMILES string of the molecule is Cc1cccc(CC(=O)NNC(=O)C2CCN(c3ncccn3)CC2)c1. The maximum atomic E-state index is 12.3. The first-order valence-corrected chi connectivity index (χ1v) is 8.78. The highest BCUT2D eigenvalue weighted by atomic mass is 16.2. The number of anilines is 1. The van der Waals surface area contributed by atoms with Gasteiger partial charge in [-0.1, -0.05) is 29.8 Å². The molecule has 0 bridgehead atoms. The van der Waals surface area contributed by atoms with Crippen LogP contribution in [0, 0.1) is 12.8 Å². The van der Waals surface area contributed by atoms with Gasteiger partial charge in [0.05, 0.1) is 6.42 Å². The van der Waals surface area contributed by atoms with E-state index in [1.54, 1.807) is 18.5 Å². The maximum Gasteiger partial charge on any atom is 0.242 e. The molecule has 7 heteroatoms. The number of carbonyl (C=O) groups excluding carboxylic acids is 2. The second-order valence-corrected chi connectivity index (χ2v) is 6.51. The lowest BCUT2D eigenvalue weighted by Gasteiger charge is -2.31. The highest BCUT2D eigenvalue weighted by molar-refractivity contribution is 5.84. The zero-order valence-electron chi connectivity index (χ0n) is 14.8. The zero-order chi connectivity index (χ0) is 18.4. The van der Waals surface area contributed by atoms with Gasteiger partial charge in [0.2, 0.25) is 17.8 Å². The molecule has 136 valence electrons. The summed E-state index contributed by atoms with van der Waals surface area (Å²) in [6, 6.07) is 9.54. The molecule has 3 rings (SSSR count). The largest absolute Gasteiger partial charge is 0.341 e. The summed E-state index contributed by atoms with van der Waals surface area (Å²) in [5.74, 6) is 0.211. The van der Waals surface area contributed by atoms with Gasteiger partial charge >= 0.3 is 0 Å². The summed E-state index contributed by atoms with van der Waals surface area (Å²) in [5, 5.41) is 0.